The second-order valence-corrected chi connectivity index (χ2v) is 6.01. The topological polar surface area (TPSA) is 64.3 Å². The second-order valence-electron chi connectivity index (χ2n) is 6.01. The van der Waals surface area contributed by atoms with Crippen LogP contribution in [0.1, 0.15) is 58.3 Å². The number of carbonyl (C=O) groups excluding carboxylic acids is 1. The molecule has 4 nitrogen and oxygen atoms in total. The first-order chi connectivity index (χ1) is 8.59. The van der Waals surface area contributed by atoms with E-state index in [1.54, 1.807) is 0 Å². The lowest BCUT2D eigenvalue weighted by Crippen LogP contribution is -2.46. The van der Waals surface area contributed by atoms with Crippen molar-refractivity contribution in [3.05, 3.63) is 0 Å². The van der Waals surface area contributed by atoms with Gasteiger partial charge in [-0.15, -0.1) is 0 Å². The Labute approximate surface area is 110 Å². The fraction of sp³-hybridized carbons (Fsp3) is 0.929. The molecule has 0 aromatic rings. The maximum Gasteiger partial charge on any atom is 0.249 e. The van der Waals surface area contributed by atoms with Gasteiger partial charge in [0.1, 0.15) is 6.10 Å². The van der Waals surface area contributed by atoms with Gasteiger partial charge < -0.3 is 15.8 Å². The largest absolute Gasteiger partial charge is 0.367 e. The van der Waals surface area contributed by atoms with Crippen molar-refractivity contribution >= 4 is 5.91 Å². The van der Waals surface area contributed by atoms with Gasteiger partial charge in [-0.05, 0) is 32.6 Å². The van der Waals surface area contributed by atoms with E-state index in [-0.39, 0.29) is 17.6 Å². The highest BCUT2D eigenvalue weighted by molar-refractivity contribution is 5.80. The van der Waals surface area contributed by atoms with Crippen LogP contribution in [0.3, 0.4) is 0 Å². The van der Waals surface area contributed by atoms with E-state index in [0.717, 1.165) is 25.7 Å². The van der Waals surface area contributed by atoms with Crippen LogP contribution in [0.2, 0.25) is 0 Å². The Morgan fingerprint density at radius 1 is 1.33 bits per heavy atom. The maximum atomic E-state index is 11.9. The predicted molar refractivity (Wildman–Crippen MR) is 71.2 cm³/mol. The quantitative estimate of drug-likeness (QED) is 0.785. The molecule has 2 saturated carbocycles. The number of nitrogens with one attached hydrogen (secondary N) is 1. The third-order valence-electron chi connectivity index (χ3n) is 4.29. The number of rotatable bonds is 5. The number of nitrogens with two attached hydrogens (primary N) is 1. The molecule has 2 aliphatic carbocycles. The lowest BCUT2D eigenvalue weighted by atomic mass is 10.0. The lowest BCUT2D eigenvalue weighted by Gasteiger charge is -2.25. The first-order valence-corrected chi connectivity index (χ1v) is 7.30. The van der Waals surface area contributed by atoms with Crippen LogP contribution >= 0.6 is 0 Å². The zero-order valence-electron chi connectivity index (χ0n) is 11.4. The van der Waals surface area contributed by atoms with Gasteiger partial charge >= 0.3 is 0 Å². The molecule has 0 aromatic carbocycles. The van der Waals surface area contributed by atoms with Gasteiger partial charge in [-0.3, -0.25) is 4.79 Å². The minimum Gasteiger partial charge on any atom is -0.367 e. The molecule has 0 saturated heterocycles. The van der Waals surface area contributed by atoms with Crippen molar-refractivity contribution in [2.45, 2.75) is 76.0 Å². The SMILES string of the molecule is CC(OCC1(N)CCCC1)C(=O)NC1CCCC1. The highest BCUT2D eigenvalue weighted by Crippen LogP contribution is 2.27. The summed E-state index contributed by atoms with van der Waals surface area (Å²) in [6.45, 7) is 2.33. The highest BCUT2D eigenvalue weighted by atomic mass is 16.5. The highest BCUT2D eigenvalue weighted by Gasteiger charge is 2.31. The van der Waals surface area contributed by atoms with E-state index in [9.17, 15) is 4.79 Å². The average Bonchev–Trinajstić information content (AvgIpc) is 2.98. The molecule has 0 heterocycles. The van der Waals surface area contributed by atoms with Crippen LogP contribution in [0.15, 0.2) is 0 Å². The summed E-state index contributed by atoms with van der Waals surface area (Å²) in [6.07, 6.45) is 8.70. The van der Waals surface area contributed by atoms with E-state index < -0.39 is 0 Å². The van der Waals surface area contributed by atoms with Gasteiger partial charge in [0.2, 0.25) is 5.91 Å². The van der Waals surface area contributed by atoms with Crippen LogP contribution in [-0.2, 0) is 9.53 Å². The van der Waals surface area contributed by atoms with Crippen LogP contribution in [0.5, 0.6) is 0 Å². The van der Waals surface area contributed by atoms with Crippen molar-refractivity contribution in [2.24, 2.45) is 5.73 Å². The molecular formula is C14H26N2O2. The number of hydrogen-bond acceptors (Lipinski definition) is 3. The summed E-state index contributed by atoms with van der Waals surface area (Å²) in [4.78, 5) is 11.9. The molecule has 3 N–H and O–H groups in total. The van der Waals surface area contributed by atoms with E-state index in [1.165, 1.54) is 25.7 Å². The maximum absolute atomic E-state index is 11.9. The standard InChI is InChI=1S/C14H26N2O2/c1-11(13(17)16-12-6-2-3-7-12)18-10-14(15)8-4-5-9-14/h11-12H,2-10,15H2,1H3,(H,16,17). The first-order valence-electron chi connectivity index (χ1n) is 7.30. The van der Waals surface area contributed by atoms with Gasteiger partial charge in [0.25, 0.3) is 0 Å². The zero-order chi connectivity index (χ0) is 13.0. The van der Waals surface area contributed by atoms with Gasteiger partial charge in [-0.2, -0.15) is 0 Å². The molecular weight excluding hydrogens is 228 g/mol. The Morgan fingerprint density at radius 3 is 2.56 bits per heavy atom. The molecule has 2 aliphatic rings. The van der Waals surface area contributed by atoms with Crippen LogP contribution in [0.25, 0.3) is 0 Å². The smallest absolute Gasteiger partial charge is 0.249 e. The predicted octanol–water partition coefficient (Wildman–Crippen LogP) is 1.72. The summed E-state index contributed by atoms with van der Waals surface area (Å²) in [5.74, 6) is 0.0171. The Kier molecular flexibility index (Phi) is 4.62. The van der Waals surface area contributed by atoms with Crippen molar-refractivity contribution < 1.29 is 9.53 Å². The summed E-state index contributed by atoms with van der Waals surface area (Å²) in [5, 5.41) is 3.06. The molecule has 1 unspecified atom stereocenters. The van der Waals surface area contributed by atoms with Gasteiger partial charge in [-0.1, -0.05) is 25.7 Å². The molecule has 1 amide bonds. The molecule has 2 rings (SSSR count). The third kappa shape index (κ3) is 3.69. The van der Waals surface area contributed by atoms with E-state index in [2.05, 4.69) is 5.32 Å². The molecule has 0 radical (unpaired) electrons. The molecule has 104 valence electrons. The first kappa shape index (κ1) is 13.8. The van der Waals surface area contributed by atoms with Crippen molar-refractivity contribution in [3.8, 4) is 0 Å². The Balaban J connectivity index is 1.69. The number of carbonyl (C=O) groups is 1. The number of amides is 1. The molecule has 0 spiro atoms. The fourth-order valence-corrected chi connectivity index (χ4v) is 2.98. The van der Waals surface area contributed by atoms with Crippen molar-refractivity contribution in [1.82, 2.24) is 5.32 Å². The summed E-state index contributed by atoms with van der Waals surface area (Å²) < 4.78 is 5.66. The lowest BCUT2D eigenvalue weighted by molar-refractivity contribution is -0.133. The van der Waals surface area contributed by atoms with Gasteiger partial charge in [0.05, 0.1) is 6.61 Å². The van der Waals surface area contributed by atoms with Crippen molar-refractivity contribution in [3.63, 3.8) is 0 Å². The Morgan fingerprint density at radius 2 is 1.94 bits per heavy atom. The number of hydrogen-bond donors (Lipinski definition) is 2. The second kappa shape index (κ2) is 6.02. The molecule has 2 fully saturated rings. The van der Waals surface area contributed by atoms with Crippen LogP contribution < -0.4 is 11.1 Å². The molecule has 4 heteroatoms. The van der Waals surface area contributed by atoms with Gasteiger partial charge in [0.15, 0.2) is 0 Å². The molecule has 0 aliphatic heterocycles. The van der Waals surface area contributed by atoms with E-state index in [1.807, 2.05) is 6.92 Å². The summed E-state index contributed by atoms with van der Waals surface area (Å²) in [6, 6.07) is 0.363. The Bertz CT molecular complexity index is 282. The van der Waals surface area contributed by atoms with Gasteiger partial charge in [-0.25, -0.2) is 0 Å². The normalized spacial score (nSPS) is 25.2. The molecule has 0 bridgehead atoms. The fourth-order valence-electron chi connectivity index (χ4n) is 2.98. The summed E-state index contributed by atoms with van der Waals surface area (Å²) in [7, 11) is 0. The van der Waals surface area contributed by atoms with E-state index in [4.69, 9.17) is 10.5 Å². The Hall–Kier alpha value is -0.610. The minimum atomic E-state index is -0.383. The molecule has 18 heavy (non-hydrogen) atoms. The minimum absolute atomic E-state index is 0.0171. The van der Waals surface area contributed by atoms with E-state index >= 15 is 0 Å². The average molecular weight is 254 g/mol. The van der Waals surface area contributed by atoms with Crippen LogP contribution in [0, 0.1) is 0 Å². The van der Waals surface area contributed by atoms with E-state index in [0.29, 0.717) is 12.6 Å². The van der Waals surface area contributed by atoms with Crippen molar-refractivity contribution in [1.29, 1.82) is 0 Å². The molecule has 0 aromatic heterocycles. The summed E-state index contributed by atoms with van der Waals surface area (Å²) >= 11 is 0. The van der Waals surface area contributed by atoms with Crippen LogP contribution in [-0.4, -0.2) is 30.2 Å². The third-order valence-corrected chi connectivity index (χ3v) is 4.29. The zero-order valence-corrected chi connectivity index (χ0v) is 11.4. The number of ether oxygens (including phenoxy) is 1. The molecule has 1 atom stereocenters. The summed E-state index contributed by atoms with van der Waals surface area (Å²) in [5.41, 5.74) is 6.02. The van der Waals surface area contributed by atoms with Crippen LogP contribution in [0.4, 0.5) is 0 Å². The van der Waals surface area contributed by atoms with Gasteiger partial charge in [0, 0.05) is 11.6 Å². The monoisotopic (exact) mass is 254 g/mol. The van der Waals surface area contributed by atoms with Crippen molar-refractivity contribution in [2.75, 3.05) is 6.61 Å².